The van der Waals surface area contributed by atoms with E-state index in [0.717, 1.165) is 16.7 Å². The van der Waals surface area contributed by atoms with Gasteiger partial charge in [-0.2, -0.15) is 0 Å². The maximum atomic E-state index is 4.20. The SMILES string of the molecule is CNc1ncnc2cc(C)ccc12. The molecule has 66 valence electrons. The molecule has 0 fully saturated rings. The van der Waals surface area contributed by atoms with Crippen molar-refractivity contribution in [3.05, 3.63) is 30.1 Å². The zero-order chi connectivity index (χ0) is 9.26. The molecule has 0 spiro atoms. The van der Waals surface area contributed by atoms with E-state index in [1.165, 1.54) is 5.56 Å². The number of benzene rings is 1. The predicted octanol–water partition coefficient (Wildman–Crippen LogP) is 1.98. The Hall–Kier alpha value is -1.64. The van der Waals surface area contributed by atoms with E-state index >= 15 is 0 Å². The summed E-state index contributed by atoms with van der Waals surface area (Å²) < 4.78 is 0. The molecule has 0 saturated heterocycles. The van der Waals surface area contributed by atoms with E-state index in [1.807, 2.05) is 13.1 Å². The molecule has 3 nitrogen and oxygen atoms in total. The topological polar surface area (TPSA) is 37.8 Å². The Morgan fingerprint density at radius 1 is 1.23 bits per heavy atom. The third kappa shape index (κ3) is 1.33. The Balaban J connectivity index is 2.77. The Bertz CT molecular complexity index is 437. The summed E-state index contributed by atoms with van der Waals surface area (Å²) >= 11 is 0. The lowest BCUT2D eigenvalue weighted by Crippen LogP contribution is -1.94. The van der Waals surface area contributed by atoms with Crippen LogP contribution in [0.1, 0.15) is 5.56 Å². The van der Waals surface area contributed by atoms with Crippen LogP contribution >= 0.6 is 0 Å². The van der Waals surface area contributed by atoms with Crippen LogP contribution in [-0.2, 0) is 0 Å². The van der Waals surface area contributed by atoms with Crippen molar-refractivity contribution in [3.63, 3.8) is 0 Å². The monoisotopic (exact) mass is 173 g/mol. The average Bonchev–Trinajstić information content (AvgIpc) is 2.16. The average molecular weight is 173 g/mol. The fourth-order valence-corrected chi connectivity index (χ4v) is 1.37. The third-order valence-corrected chi connectivity index (χ3v) is 2.03. The van der Waals surface area contributed by atoms with Crippen LogP contribution in [0.4, 0.5) is 5.82 Å². The van der Waals surface area contributed by atoms with Crippen molar-refractivity contribution in [1.29, 1.82) is 0 Å². The van der Waals surface area contributed by atoms with Crippen LogP contribution in [0.15, 0.2) is 24.5 Å². The molecule has 1 N–H and O–H groups in total. The first-order valence-electron chi connectivity index (χ1n) is 4.20. The first kappa shape index (κ1) is 7.98. The van der Waals surface area contributed by atoms with Gasteiger partial charge in [-0.1, -0.05) is 6.07 Å². The maximum absolute atomic E-state index is 4.20. The van der Waals surface area contributed by atoms with Gasteiger partial charge in [0.05, 0.1) is 5.52 Å². The van der Waals surface area contributed by atoms with Gasteiger partial charge < -0.3 is 5.32 Å². The molecule has 2 aromatic rings. The first-order chi connectivity index (χ1) is 6.31. The molecule has 0 amide bonds. The molecule has 13 heavy (non-hydrogen) atoms. The van der Waals surface area contributed by atoms with Gasteiger partial charge in [-0.15, -0.1) is 0 Å². The summed E-state index contributed by atoms with van der Waals surface area (Å²) in [5.41, 5.74) is 2.20. The summed E-state index contributed by atoms with van der Waals surface area (Å²) in [5.74, 6) is 0.880. The van der Waals surface area contributed by atoms with Gasteiger partial charge in [0.25, 0.3) is 0 Å². The number of nitrogens with zero attached hydrogens (tertiary/aromatic N) is 2. The molecule has 1 aromatic carbocycles. The number of hydrogen-bond donors (Lipinski definition) is 1. The molecular weight excluding hydrogens is 162 g/mol. The number of fused-ring (bicyclic) bond motifs is 1. The van der Waals surface area contributed by atoms with E-state index in [9.17, 15) is 0 Å². The van der Waals surface area contributed by atoms with Crippen molar-refractivity contribution in [2.45, 2.75) is 6.92 Å². The van der Waals surface area contributed by atoms with Crippen LogP contribution in [0.5, 0.6) is 0 Å². The molecule has 1 aromatic heterocycles. The van der Waals surface area contributed by atoms with E-state index in [-0.39, 0.29) is 0 Å². The van der Waals surface area contributed by atoms with E-state index in [0.29, 0.717) is 0 Å². The van der Waals surface area contributed by atoms with Gasteiger partial charge in [0.2, 0.25) is 0 Å². The fourth-order valence-electron chi connectivity index (χ4n) is 1.37. The van der Waals surface area contributed by atoms with Gasteiger partial charge in [-0.3, -0.25) is 0 Å². The number of aromatic nitrogens is 2. The van der Waals surface area contributed by atoms with E-state index < -0.39 is 0 Å². The van der Waals surface area contributed by atoms with Gasteiger partial charge in [-0.05, 0) is 24.6 Å². The van der Waals surface area contributed by atoms with Crippen molar-refractivity contribution in [1.82, 2.24) is 9.97 Å². The van der Waals surface area contributed by atoms with Crippen molar-refractivity contribution in [2.24, 2.45) is 0 Å². The van der Waals surface area contributed by atoms with Gasteiger partial charge >= 0.3 is 0 Å². The highest BCUT2D eigenvalue weighted by Gasteiger charge is 2.00. The molecule has 0 aliphatic carbocycles. The smallest absolute Gasteiger partial charge is 0.137 e. The van der Waals surface area contributed by atoms with Crippen molar-refractivity contribution in [3.8, 4) is 0 Å². The second-order valence-electron chi connectivity index (χ2n) is 2.99. The van der Waals surface area contributed by atoms with Crippen LogP contribution in [0.25, 0.3) is 10.9 Å². The minimum atomic E-state index is 0.880. The standard InChI is InChI=1S/C10H11N3/c1-7-3-4-8-9(5-7)12-6-13-10(8)11-2/h3-6H,1-2H3,(H,11,12,13). The van der Waals surface area contributed by atoms with Crippen LogP contribution in [0.2, 0.25) is 0 Å². The molecule has 0 aliphatic rings. The second kappa shape index (κ2) is 3.01. The number of hydrogen-bond acceptors (Lipinski definition) is 3. The Morgan fingerprint density at radius 3 is 2.85 bits per heavy atom. The lowest BCUT2D eigenvalue weighted by molar-refractivity contribution is 1.21. The Kier molecular flexibility index (Phi) is 1.85. The predicted molar refractivity (Wildman–Crippen MR) is 53.8 cm³/mol. The minimum absolute atomic E-state index is 0.880. The van der Waals surface area contributed by atoms with Gasteiger partial charge in [-0.25, -0.2) is 9.97 Å². The van der Waals surface area contributed by atoms with Crippen LogP contribution in [0.3, 0.4) is 0 Å². The van der Waals surface area contributed by atoms with Gasteiger partial charge in [0, 0.05) is 12.4 Å². The molecule has 0 unspecified atom stereocenters. The first-order valence-corrected chi connectivity index (χ1v) is 4.20. The third-order valence-electron chi connectivity index (χ3n) is 2.03. The van der Waals surface area contributed by atoms with E-state index in [1.54, 1.807) is 6.33 Å². The van der Waals surface area contributed by atoms with E-state index in [4.69, 9.17) is 0 Å². The Labute approximate surface area is 76.8 Å². The summed E-state index contributed by atoms with van der Waals surface area (Å²) in [6, 6.07) is 6.15. The van der Waals surface area contributed by atoms with Crippen molar-refractivity contribution >= 4 is 16.7 Å². The van der Waals surface area contributed by atoms with Crippen molar-refractivity contribution in [2.75, 3.05) is 12.4 Å². The summed E-state index contributed by atoms with van der Waals surface area (Å²) in [6.07, 6.45) is 1.58. The summed E-state index contributed by atoms with van der Waals surface area (Å²) in [7, 11) is 1.86. The summed E-state index contributed by atoms with van der Waals surface area (Å²) in [6.45, 7) is 2.06. The van der Waals surface area contributed by atoms with Gasteiger partial charge in [0.15, 0.2) is 0 Å². The van der Waals surface area contributed by atoms with Crippen LogP contribution in [0, 0.1) is 6.92 Å². The molecule has 0 bridgehead atoms. The number of aryl methyl sites for hydroxylation is 1. The number of nitrogens with one attached hydrogen (secondary N) is 1. The highest BCUT2D eigenvalue weighted by atomic mass is 15.0. The molecular formula is C10H11N3. The van der Waals surface area contributed by atoms with Crippen molar-refractivity contribution < 1.29 is 0 Å². The molecule has 2 rings (SSSR count). The normalized spacial score (nSPS) is 10.3. The molecule has 0 atom stereocenters. The zero-order valence-corrected chi connectivity index (χ0v) is 7.70. The van der Waals surface area contributed by atoms with E-state index in [2.05, 4.69) is 34.3 Å². The minimum Gasteiger partial charge on any atom is -0.373 e. The molecule has 0 radical (unpaired) electrons. The summed E-state index contributed by atoms with van der Waals surface area (Å²) in [4.78, 5) is 8.33. The molecule has 1 heterocycles. The summed E-state index contributed by atoms with van der Waals surface area (Å²) in [5, 5.41) is 4.10. The maximum Gasteiger partial charge on any atom is 0.137 e. The zero-order valence-electron chi connectivity index (χ0n) is 7.70. The quantitative estimate of drug-likeness (QED) is 0.716. The molecule has 0 saturated carbocycles. The highest BCUT2D eigenvalue weighted by molar-refractivity contribution is 5.89. The fraction of sp³-hybridized carbons (Fsp3) is 0.200. The lowest BCUT2D eigenvalue weighted by Gasteiger charge is -2.03. The lowest BCUT2D eigenvalue weighted by atomic mass is 10.1. The van der Waals surface area contributed by atoms with Crippen LogP contribution < -0.4 is 5.32 Å². The second-order valence-corrected chi connectivity index (χ2v) is 2.99. The van der Waals surface area contributed by atoms with Crippen LogP contribution in [-0.4, -0.2) is 17.0 Å². The number of anilines is 1. The highest BCUT2D eigenvalue weighted by Crippen LogP contribution is 2.19. The largest absolute Gasteiger partial charge is 0.373 e. The number of rotatable bonds is 1. The molecule has 3 heteroatoms. The van der Waals surface area contributed by atoms with Gasteiger partial charge in [0.1, 0.15) is 12.1 Å². The Morgan fingerprint density at radius 2 is 2.08 bits per heavy atom. The molecule has 0 aliphatic heterocycles.